The van der Waals surface area contributed by atoms with Crippen LogP contribution in [0.4, 0.5) is 4.39 Å². The minimum absolute atomic E-state index is 0.306. The second kappa shape index (κ2) is 6.27. The molecule has 0 saturated heterocycles. The van der Waals surface area contributed by atoms with Crippen molar-refractivity contribution >= 4 is 15.9 Å². The smallest absolute Gasteiger partial charge is 0.137 e. The van der Waals surface area contributed by atoms with E-state index in [-0.39, 0.29) is 11.9 Å². The van der Waals surface area contributed by atoms with Crippen molar-refractivity contribution in [2.45, 2.75) is 25.9 Å². The van der Waals surface area contributed by atoms with Gasteiger partial charge in [0.15, 0.2) is 0 Å². The van der Waals surface area contributed by atoms with Crippen LogP contribution in [0.25, 0.3) is 0 Å². The highest BCUT2D eigenvalue weighted by Crippen LogP contribution is 2.29. The maximum atomic E-state index is 13.6. The van der Waals surface area contributed by atoms with Gasteiger partial charge < -0.3 is 0 Å². The zero-order valence-corrected chi connectivity index (χ0v) is 12.2. The van der Waals surface area contributed by atoms with Crippen molar-refractivity contribution in [1.82, 2.24) is 15.2 Å². The Morgan fingerprint density at radius 2 is 2.26 bits per heavy atom. The standard InChI is InChI=1S/C13H16BrFN4/c1-2-8-19-11(6-7-17-19)13(18-16)9-4-3-5-10(15)12(9)14/h3-7,13,18H,2,8,16H2,1H3. The van der Waals surface area contributed by atoms with Gasteiger partial charge in [-0.3, -0.25) is 10.5 Å². The highest BCUT2D eigenvalue weighted by atomic mass is 79.9. The Labute approximate surface area is 119 Å². The lowest BCUT2D eigenvalue weighted by molar-refractivity contribution is 0.517. The van der Waals surface area contributed by atoms with Gasteiger partial charge in [-0.2, -0.15) is 5.10 Å². The van der Waals surface area contributed by atoms with E-state index >= 15 is 0 Å². The summed E-state index contributed by atoms with van der Waals surface area (Å²) in [6.07, 6.45) is 2.69. The van der Waals surface area contributed by atoms with Crippen LogP contribution in [0.3, 0.4) is 0 Å². The molecule has 102 valence electrons. The number of hydrogen-bond donors (Lipinski definition) is 2. The summed E-state index contributed by atoms with van der Waals surface area (Å²) in [6.45, 7) is 2.88. The van der Waals surface area contributed by atoms with E-state index in [1.165, 1.54) is 6.07 Å². The van der Waals surface area contributed by atoms with Crippen LogP contribution in [0.1, 0.15) is 30.6 Å². The summed E-state index contributed by atoms with van der Waals surface area (Å²) in [5.41, 5.74) is 4.39. The van der Waals surface area contributed by atoms with Gasteiger partial charge in [-0.1, -0.05) is 19.1 Å². The fourth-order valence-corrected chi connectivity index (χ4v) is 2.56. The van der Waals surface area contributed by atoms with Crippen molar-refractivity contribution in [3.05, 3.63) is 52.0 Å². The molecule has 0 aliphatic heterocycles. The van der Waals surface area contributed by atoms with Crippen molar-refractivity contribution in [2.75, 3.05) is 0 Å². The molecule has 2 aromatic rings. The molecule has 1 aromatic carbocycles. The SMILES string of the molecule is CCCn1nccc1C(NN)c1cccc(F)c1Br. The predicted octanol–water partition coefficient (Wildman–Crippen LogP) is 2.75. The summed E-state index contributed by atoms with van der Waals surface area (Å²) in [4.78, 5) is 0. The van der Waals surface area contributed by atoms with Crippen molar-refractivity contribution in [2.24, 2.45) is 5.84 Å². The molecule has 0 amide bonds. The number of benzene rings is 1. The molecule has 1 unspecified atom stereocenters. The second-order valence-corrected chi connectivity index (χ2v) is 5.01. The first kappa shape index (κ1) is 14.2. The number of rotatable bonds is 5. The van der Waals surface area contributed by atoms with Crippen LogP contribution >= 0.6 is 15.9 Å². The number of aromatic nitrogens is 2. The van der Waals surface area contributed by atoms with Crippen molar-refractivity contribution in [1.29, 1.82) is 0 Å². The van der Waals surface area contributed by atoms with E-state index in [1.807, 2.05) is 16.8 Å². The van der Waals surface area contributed by atoms with Gasteiger partial charge in [-0.05, 0) is 40.0 Å². The van der Waals surface area contributed by atoms with E-state index in [0.717, 1.165) is 24.2 Å². The Bertz CT molecular complexity index is 555. The van der Waals surface area contributed by atoms with Crippen LogP contribution in [0, 0.1) is 5.82 Å². The van der Waals surface area contributed by atoms with Gasteiger partial charge in [-0.15, -0.1) is 0 Å². The minimum atomic E-state index is -0.306. The van der Waals surface area contributed by atoms with Gasteiger partial charge in [0, 0.05) is 12.7 Å². The molecule has 19 heavy (non-hydrogen) atoms. The Hall–Kier alpha value is -1.24. The lowest BCUT2D eigenvalue weighted by Gasteiger charge is -2.19. The number of nitrogens with two attached hydrogens (primary N) is 1. The molecule has 6 heteroatoms. The van der Waals surface area contributed by atoms with E-state index in [2.05, 4.69) is 33.4 Å². The van der Waals surface area contributed by atoms with Crippen molar-refractivity contribution < 1.29 is 4.39 Å². The first-order valence-electron chi connectivity index (χ1n) is 6.10. The molecule has 0 aliphatic rings. The third kappa shape index (κ3) is 2.86. The summed E-state index contributed by atoms with van der Waals surface area (Å²) in [5.74, 6) is 5.34. The maximum absolute atomic E-state index is 13.6. The minimum Gasteiger partial charge on any atom is -0.271 e. The summed E-state index contributed by atoms with van der Waals surface area (Å²) in [5, 5.41) is 4.26. The fraction of sp³-hybridized carbons (Fsp3) is 0.308. The Kier molecular flexibility index (Phi) is 4.68. The van der Waals surface area contributed by atoms with Crippen molar-refractivity contribution in [3.63, 3.8) is 0 Å². The van der Waals surface area contributed by atoms with Gasteiger partial charge in [0.2, 0.25) is 0 Å². The number of halogens is 2. The topological polar surface area (TPSA) is 55.9 Å². The van der Waals surface area contributed by atoms with Gasteiger partial charge in [0.25, 0.3) is 0 Å². The van der Waals surface area contributed by atoms with Gasteiger partial charge in [-0.25, -0.2) is 9.82 Å². The Morgan fingerprint density at radius 1 is 1.47 bits per heavy atom. The lowest BCUT2D eigenvalue weighted by atomic mass is 10.0. The molecule has 0 spiro atoms. The number of nitrogens with zero attached hydrogens (tertiary/aromatic N) is 2. The average Bonchev–Trinajstić information content (AvgIpc) is 2.84. The normalized spacial score (nSPS) is 12.6. The Balaban J connectivity index is 2.44. The molecular weight excluding hydrogens is 311 g/mol. The molecule has 1 aromatic heterocycles. The number of hydrazine groups is 1. The van der Waals surface area contributed by atoms with Crippen LogP contribution in [0.2, 0.25) is 0 Å². The maximum Gasteiger partial charge on any atom is 0.137 e. The molecule has 0 bridgehead atoms. The van der Waals surface area contributed by atoms with Crippen LogP contribution in [0.5, 0.6) is 0 Å². The quantitative estimate of drug-likeness (QED) is 0.656. The zero-order valence-electron chi connectivity index (χ0n) is 10.6. The summed E-state index contributed by atoms with van der Waals surface area (Å²) in [7, 11) is 0. The van der Waals surface area contributed by atoms with E-state index in [0.29, 0.717) is 4.47 Å². The Morgan fingerprint density at radius 3 is 2.95 bits per heavy atom. The molecule has 4 nitrogen and oxygen atoms in total. The first-order valence-corrected chi connectivity index (χ1v) is 6.90. The molecule has 0 fully saturated rings. The third-order valence-corrected chi connectivity index (χ3v) is 3.78. The molecule has 1 heterocycles. The molecule has 1 atom stereocenters. The van der Waals surface area contributed by atoms with E-state index in [4.69, 9.17) is 5.84 Å². The summed E-state index contributed by atoms with van der Waals surface area (Å²) in [6, 6.07) is 6.49. The molecule has 0 saturated carbocycles. The van der Waals surface area contributed by atoms with Crippen LogP contribution in [0.15, 0.2) is 34.9 Å². The fourth-order valence-electron chi connectivity index (χ4n) is 2.06. The summed E-state index contributed by atoms with van der Waals surface area (Å²) < 4.78 is 15.9. The van der Waals surface area contributed by atoms with Crippen molar-refractivity contribution in [3.8, 4) is 0 Å². The molecule has 0 radical (unpaired) electrons. The largest absolute Gasteiger partial charge is 0.271 e. The van der Waals surface area contributed by atoms with Gasteiger partial charge >= 0.3 is 0 Å². The van der Waals surface area contributed by atoms with E-state index in [1.54, 1.807) is 12.3 Å². The van der Waals surface area contributed by atoms with Gasteiger partial charge in [0.05, 0.1) is 16.2 Å². The van der Waals surface area contributed by atoms with E-state index < -0.39 is 0 Å². The number of aryl methyl sites for hydroxylation is 1. The van der Waals surface area contributed by atoms with Crippen LogP contribution in [-0.2, 0) is 6.54 Å². The average molecular weight is 327 g/mol. The third-order valence-electron chi connectivity index (χ3n) is 2.94. The highest BCUT2D eigenvalue weighted by Gasteiger charge is 2.20. The van der Waals surface area contributed by atoms with E-state index in [9.17, 15) is 4.39 Å². The highest BCUT2D eigenvalue weighted by molar-refractivity contribution is 9.10. The second-order valence-electron chi connectivity index (χ2n) is 4.22. The lowest BCUT2D eigenvalue weighted by Crippen LogP contribution is -2.31. The zero-order chi connectivity index (χ0) is 13.8. The number of hydrogen-bond acceptors (Lipinski definition) is 3. The summed E-state index contributed by atoms with van der Waals surface area (Å²) >= 11 is 3.27. The first-order chi connectivity index (χ1) is 9.19. The predicted molar refractivity (Wildman–Crippen MR) is 75.8 cm³/mol. The van der Waals surface area contributed by atoms with Crippen LogP contribution in [-0.4, -0.2) is 9.78 Å². The van der Waals surface area contributed by atoms with Crippen LogP contribution < -0.4 is 11.3 Å². The molecule has 2 rings (SSSR count). The molecule has 3 N–H and O–H groups in total. The number of nitrogens with one attached hydrogen (secondary N) is 1. The monoisotopic (exact) mass is 326 g/mol. The molecular formula is C13H16BrFN4. The van der Waals surface area contributed by atoms with Gasteiger partial charge in [0.1, 0.15) is 5.82 Å². The molecule has 0 aliphatic carbocycles.